The fourth-order valence-corrected chi connectivity index (χ4v) is 15.8. The van der Waals surface area contributed by atoms with Crippen molar-refractivity contribution in [2.45, 2.75) is 38.8 Å². The molecule has 1 aliphatic heterocycles. The minimum Gasteiger partial charge on any atom is -0.359 e. The van der Waals surface area contributed by atoms with Crippen LogP contribution in [-0.4, -0.2) is 52.0 Å². The summed E-state index contributed by atoms with van der Waals surface area (Å²) in [5, 5.41) is 0. The largest absolute Gasteiger partial charge is 0.359 e. The Morgan fingerprint density at radius 1 is 1.00 bits per heavy atom. The maximum absolute atomic E-state index is 11.5. The summed E-state index contributed by atoms with van der Waals surface area (Å²) in [5.74, 6) is 0.230. The Morgan fingerprint density at radius 3 is 1.69 bits per heavy atom. The van der Waals surface area contributed by atoms with Gasteiger partial charge in [-0.05, 0) is 0 Å². The maximum Gasteiger partial charge on any atom is 0.231 e. The van der Waals surface area contributed by atoms with Gasteiger partial charge < -0.3 is 9.13 Å². The highest BCUT2D eigenvalue weighted by Gasteiger charge is 2.36. The molecule has 1 rings (SSSR count). The zero-order chi connectivity index (χ0) is 12.3. The molecule has 16 heavy (non-hydrogen) atoms. The SMILES string of the molecule is CC(=O)N(C)[SiH](N(C)C(C)=O)[SiH]1CCCC1. The zero-order valence-electron chi connectivity index (χ0n) is 10.7. The molecule has 0 aromatic heterocycles. The topological polar surface area (TPSA) is 40.6 Å². The second kappa shape index (κ2) is 5.63. The maximum atomic E-state index is 11.5. The van der Waals surface area contributed by atoms with Crippen molar-refractivity contribution in [3.05, 3.63) is 0 Å². The molecule has 1 saturated heterocycles. The van der Waals surface area contributed by atoms with Crippen molar-refractivity contribution in [1.82, 2.24) is 9.13 Å². The van der Waals surface area contributed by atoms with Crippen molar-refractivity contribution in [3.8, 4) is 0 Å². The molecule has 0 bridgehead atoms. The predicted molar refractivity (Wildman–Crippen MR) is 70.0 cm³/mol. The first-order valence-electron chi connectivity index (χ1n) is 5.92. The standard InChI is InChI=1S/C10H22N2O2Si2/c1-9(13)11(3)16(12(4)10(2)14)15-7-5-6-8-15/h15-16H,5-8H2,1-4H3. The second-order valence-electron chi connectivity index (χ2n) is 4.72. The van der Waals surface area contributed by atoms with Gasteiger partial charge in [0.25, 0.3) is 0 Å². The van der Waals surface area contributed by atoms with Crippen LogP contribution in [0.3, 0.4) is 0 Å². The van der Waals surface area contributed by atoms with E-state index >= 15 is 0 Å². The van der Waals surface area contributed by atoms with Crippen LogP contribution in [0.25, 0.3) is 0 Å². The van der Waals surface area contributed by atoms with Crippen molar-refractivity contribution in [2.24, 2.45) is 0 Å². The Labute approximate surface area is 101 Å². The lowest BCUT2D eigenvalue weighted by Crippen LogP contribution is -2.61. The molecule has 1 heterocycles. The summed E-state index contributed by atoms with van der Waals surface area (Å²) < 4.78 is 3.78. The van der Waals surface area contributed by atoms with Gasteiger partial charge >= 0.3 is 0 Å². The molecule has 0 N–H and O–H groups in total. The molecule has 2 amide bonds. The summed E-state index contributed by atoms with van der Waals surface area (Å²) in [6, 6.07) is 2.62. The first-order chi connectivity index (χ1) is 7.45. The van der Waals surface area contributed by atoms with Crippen LogP contribution in [0.15, 0.2) is 0 Å². The van der Waals surface area contributed by atoms with Crippen LogP contribution in [-0.2, 0) is 9.59 Å². The highest BCUT2D eigenvalue weighted by Crippen LogP contribution is 2.23. The first kappa shape index (κ1) is 13.4. The van der Waals surface area contributed by atoms with Gasteiger partial charge in [0.15, 0.2) is 0 Å². The molecule has 6 heteroatoms. The van der Waals surface area contributed by atoms with Gasteiger partial charge in [-0.25, -0.2) is 0 Å². The third-order valence-electron chi connectivity index (χ3n) is 3.61. The van der Waals surface area contributed by atoms with E-state index in [1.54, 1.807) is 13.8 Å². The van der Waals surface area contributed by atoms with Gasteiger partial charge in [0.2, 0.25) is 20.5 Å². The van der Waals surface area contributed by atoms with Crippen LogP contribution in [0.2, 0.25) is 12.1 Å². The predicted octanol–water partition coefficient (Wildman–Crippen LogP) is 0.263. The van der Waals surface area contributed by atoms with E-state index in [-0.39, 0.29) is 11.8 Å². The first-order valence-corrected chi connectivity index (χ1v) is 11.2. The van der Waals surface area contributed by atoms with Crippen molar-refractivity contribution in [2.75, 3.05) is 14.1 Å². The van der Waals surface area contributed by atoms with E-state index in [0.29, 0.717) is 0 Å². The van der Waals surface area contributed by atoms with Gasteiger partial charge in [-0.3, -0.25) is 9.59 Å². The van der Waals surface area contributed by atoms with Crippen LogP contribution in [0.4, 0.5) is 0 Å². The Bertz CT molecular complexity index is 260. The van der Waals surface area contributed by atoms with Crippen molar-refractivity contribution < 1.29 is 9.59 Å². The van der Waals surface area contributed by atoms with Crippen LogP contribution in [0.1, 0.15) is 26.7 Å². The van der Waals surface area contributed by atoms with Gasteiger partial charge in [0.1, 0.15) is 0 Å². The quantitative estimate of drug-likeness (QED) is 0.682. The molecule has 1 fully saturated rings. The van der Waals surface area contributed by atoms with E-state index in [1.807, 2.05) is 23.2 Å². The number of carbonyl (C=O) groups is 2. The van der Waals surface area contributed by atoms with Gasteiger partial charge in [-0.2, -0.15) is 0 Å². The van der Waals surface area contributed by atoms with E-state index in [4.69, 9.17) is 0 Å². The summed E-state index contributed by atoms with van der Waals surface area (Å²) in [6.45, 7) is 3.22. The molecule has 1 aliphatic rings. The molecule has 0 aromatic carbocycles. The summed E-state index contributed by atoms with van der Waals surface area (Å²) in [4.78, 5) is 23.0. The second-order valence-corrected chi connectivity index (χ2v) is 14.4. The summed E-state index contributed by atoms with van der Waals surface area (Å²) in [5.41, 5.74) is 0. The molecule has 0 atom stereocenters. The van der Waals surface area contributed by atoms with Crippen LogP contribution < -0.4 is 0 Å². The zero-order valence-corrected chi connectivity index (χ0v) is 13.0. The minimum absolute atomic E-state index is 0.115. The van der Waals surface area contributed by atoms with Crippen molar-refractivity contribution in [3.63, 3.8) is 0 Å². The number of carbonyl (C=O) groups excluding carboxylic acids is 2. The van der Waals surface area contributed by atoms with E-state index in [0.717, 1.165) is 0 Å². The Balaban J connectivity index is 2.83. The number of rotatable bonds is 3. The van der Waals surface area contributed by atoms with Gasteiger partial charge in [-0.15, -0.1) is 0 Å². The number of hydrogen-bond donors (Lipinski definition) is 0. The smallest absolute Gasteiger partial charge is 0.231 e. The van der Waals surface area contributed by atoms with Crippen molar-refractivity contribution >= 4 is 28.8 Å². The van der Waals surface area contributed by atoms with Crippen LogP contribution in [0, 0.1) is 0 Å². The lowest BCUT2D eigenvalue weighted by Gasteiger charge is -2.36. The van der Waals surface area contributed by atoms with E-state index in [2.05, 4.69) is 0 Å². The molecule has 0 saturated carbocycles. The monoisotopic (exact) mass is 258 g/mol. The Morgan fingerprint density at radius 2 is 1.38 bits per heavy atom. The number of amides is 2. The Kier molecular flexibility index (Phi) is 4.73. The molecular weight excluding hydrogens is 236 g/mol. The normalized spacial score (nSPS) is 16.6. The van der Waals surface area contributed by atoms with Gasteiger partial charge in [-0.1, -0.05) is 24.9 Å². The number of nitrogens with zero attached hydrogens (tertiary/aromatic N) is 2. The molecule has 0 spiro atoms. The highest BCUT2D eigenvalue weighted by molar-refractivity contribution is 7.21. The highest BCUT2D eigenvalue weighted by atomic mass is 29.2. The van der Waals surface area contributed by atoms with Crippen molar-refractivity contribution in [1.29, 1.82) is 0 Å². The van der Waals surface area contributed by atoms with Gasteiger partial charge in [0, 0.05) is 27.9 Å². The summed E-state index contributed by atoms with van der Waals surface area (Å²) in [7, 11) is 1.40. The molecule has 0 radical (unpaired) electrons. The lowest BCUT2D eigenvalue weighted by molar-refractivity contribution is -0.125. The average Bonchev–Trinajstić information content (AvgIpc) is 2.70. The fraction of sp³-hybridized carbons (Fsp3) is 0.800. The Hall–Kier alpha value is -0.626. The van der Waals surface area contributed by atoms with Crippen LogP contribution in [0.5, 0.6) is 0 Å². The fourth-order valence-electron chi connectivity index (χ4n) is 2.52. The molecule has 0 aromatic rings. The number of hydrogen-bond acceptors (Lipinski definition) is 2. The molecule has 92 valence electrons. The van der Waals surface area contributed by atoms with E-state index in [9.17, 15) is 9.59 Å². The summed E-state index contributed by atoms with van der Waals surface area (Å²) in [6.07, 6.45) is 2.61. The lowest BCUT2D eigenvalue weighted by atomic mass is 10.4. The van der Waals surface area contributed by atoms with E-state index in [1.165, 1.54) is 24.9 Å². The van der Waals surface area contributed by atoms with Gasteiger partial charge in [0.05, 0.1) is 8.31 Å². The average molecular weight is 258 g/mol. The third-order valence-corrected chi connectivity index (χ3v) is 16.3. The minimum atomic E-state index is -1.48. The van der Waals surface area contributed by atoms with Crippen LogP contribution >= 0.6 is 0 Å². The van der Waals surface area contributed by atoms with E-state index < -0.39 is 17.0 Å². The molecule has 0 unspecified atom stereocenters. The summed E-state index contributed by atoms with van der Waals surface area (Å²) >= 11 is 0. The third kappa shape index (κ3) is 2.94. The molecule has 0 aliphatic carbocycles. The molecular formula is C10H22N2O2Si2. The molecule has 4 nitrogen and oxygen atoms in total.